The second-order valence-corrected chi connectivity index (χ2v) is 7.32. The lowest BCUT2D eigenvalue weighted by Crippen LogP contribution is -2.60. The van der Waals surface area contributed by atoms with Crippen LogP contribution in [0.3, 0.4) is 0 Å². The van der Waals surface area contributed by atoms with E-state index in [1.165, 1.54) is 11.0 Å². The van der Waals surface area contributed by atoms with Crippen molar-refractivity contribution < 1.29 is 39.2 Å². The Kier molecular flexibility index (Phi) is 4.07. The van der Waals surface area contributed by atoms with Crippen LogP contribution in [0.4, 0.5) is 0 Å². The van der Waals surface area contributed by atoms with Gasteiger partial charge in [-0.25, -0.2) is 4.79 Å². The molecule has 1 saturated carbocycles. The minimum atomic E-state index is -3.10. The fraction of sp³-hybridized carbons (Fsp3) is 0.500. The molecule has 2 fully saturated rings. The first-order valence-corrected chi connectivity index (χ1v) is 8.73. The van der Waals surface area contributed by atoms with E-state index in [4.69, 9.17) is 20.2 Å². The van der Waals surface area contributed by atoms with E-state index in [9.17, 15) is 24.7 Å². The third-order valence-electron chi connectivity index (χ3n) is 5.42. The highest BCUT2D eigenvalue weighted by atomic mass is 16.6. The number of benzene rings is 1. The minimum Gasteiger partial charge on any atom is -0.669 e. The number of fused-ring (bicyclic) bond motifs is 3. The monoisotopic (exact) mass is 379 g/mol. The quantitative estimate of drug-likeness (QED) is 0.382. The summed E-state index contributed by atoms with van der Waals surface area (Å²) >= 11 is 0. The first kappa shape index (κ1) is 18.0. The number of amides is 1. The predicted molar refractivity (Wildman–Crippen MR) is 91.4 cm³/mol. The van der Waals surface area contributed by atoms with Crippen molar-refractivity contribution in [2.45, 2.75) is 30.3 Å². The fourth-order valence-electron chi connectivity index (χ4n) is 3.80. The molecule has 1 aromatic carbocycles. The van der Waals surface area contributed by atoms with Crippen molar-refractivity contribution in [1.29, 1.82) is 0 Å². The average molecular weight is 379 g/mol. The van der Waals surface area contributed by atoms with Crippen LogP contribution in [-0.2, 0) is 4.79 Å². The average Bonchev–Trinajstić information content (AvgIpc) is 3.37. The molecule has 0 bridgehead atoms. The largest absolute Gasteiger partial charge is 0.669 e. The van der Waals surface area contributed by atoms with Crippen LogP contribution < -0.4 is 15.1 Å². The summed E-state index contributed by atoms with van der Waals surface area (Å²) in [4.78, 5) is 25.0. The molecule has 10 nitrogen and oxygen atoms in total. The normalized spacial score (nSPS) is 26.1. The van der Waals surface area contributed by atoms with Gasteiger partial charge in [-0.1, -0.05) is 18.3 Å². The first-order chi connectivity index (χ1) is 12.7. The molecule has 1 unspecified atom stereocenters. The van der Waals surface area contributed by atoms with Gasteiger partial charge < -0.3 is 40.3 Å². The number of likely N-dealkylation sites (tertiary alicyclic amines) is 1. The SMILES string of the molecule is N[C@H](CO)C(=O)N1CC(Oc2ccc3c(c2C(=O)O)O[B-](O)(O)[C@@H]2CC32)C1. The van der Waals surface area contributed by atoms with Crippen LogP contribution in [0.5, 0.6) is 11.5 Å². The highest BCUT2D eigenvalue weighted by molar-refractivity contribution is 6.62. The molecule has 0 spiro atoms. The number of carboxylic acids is 1. The Bertz CT molecular complexity index is 810. The Labute approximate surface area is 154 Å². The van der Waals surface area contributed by atoms with Gasteiger partial charge in [-0.2, -0.15) is 0 Å². The van der Waals surface area contributed by atoms with E-state index in [1.54, 1.807) is 6.07 Å². The van der Waals surface area contributed by atoms with Gasteiger partial charge in [0.1, 0.15) is 23.5 Å². The lowest BCUT2D eigenvalue weighted by atomic mass is 9.68. The smallest absolute Gasteiger partial charge is 0.434 e. The summed E-state index contributed by atoms with van der Waals surface area (Å²) in [6.07, 6.45) is 0.0936. The number of aromatic carboxylic acids is 1. The number of aliphatic hydroxyl groups excluding tert-OH is 1. The molecule has 1 aromatic rings. The molecule has 2 aliphatic heterocycles. The van der Waals surface area contributed by atoms with Gasteiger partial charge in [-0.15, -0.1) is 0 Å². The van der Waals surface area contributed by atoms with Gasteiger partial charge in [0.15, 0.2) is 0 Å². The van der Waals surface area contributed by atoms with Crippen molar-refractivity contribution >= 4 is 18.6 Å². The Hall–Kier alpha value is -2.34. The Morgan fingerprint density at radius 2 is 2.07 bits per heavy atom. The van der Waals surface area contributed by atoms with Crippen LogP contribution in [0.15, 0.2) is 12.1 Å². The third-order valence-corrected chi connectivity index (χ3v) is 5.42. The maximum absolute atomic E-state index is 11.9. The molecule has 2 heterocycles. The van der Waals surface area contributed by atoms with Gasteiger partial charge in [-0.05, 0) is 17.5 Å². The second kappa shape index (κ2) is 6.09. The third kappa shape index (κ3) is 2.92. The highest BCUT2D eigenvalue weighted by Crippen LogP contribution is 2.63. The number of aliphatic hydroxyl groups is 1. The molecule has 146 valence electrons. The second-order valence-electron chi connectivity index (χ2n) is 7.32. The van der Waals surface area contributed by atoms with Gasteiger partial charge >= 0.3 is 12.7 Å². The molecular weight excluding hydrogens is 359 g/mol. The zero-order valence-corrected chi connectivity index (χ0v) is 14.3. The maximum atomic E-state index is 11.9. The summed E-state index contributed by atoms with van der Waals surface area (Å²) in [6.45, 7) is -3.14. The standard InChI is InChI=1S/C16H20BN2O8/c18-11(6-20)15(21)19-4-7(5-19)26-12-2-1-8-9-3-10(9)17(24,25)27-14(8)13(12)16(22)23/h1-2,7,9-11,20,24-25H,3-6,18H2,(H,22,23)/q-1/t9?,10-,11-/m1/s1. The van der Waals surface area contributed by atoms with Crippen molar-refractivity contribution in [3.8, 4) is 11.5 Å². The number of carbonyl (C=O) groups is 2. The number of hydrogen-bond acceptors (Lipinski definition) is 8. The zero-order valence-electron chi connectivity index (χ0n) is 14.3. The van der Waals surface area contributed by atoms with Gasteiger partial charge in [0.25, 0.3) is 0 Å². The summed E-state index contributed by atoms with van der Waals surface area (Å²) in [5, 5.41) is 38.6. The van der Waals surface area contributed by atoms with Crippen LogP contribution in [0.1, 0.15) is 28.3 Å². The topological polar surface area (TPSA) is 163 Å². The van der Waals surface area contributed by atoms with E-state index in [1.807, 2.05) is 0 Å². The molecule has 1 amide bonds. The zero-order chi connectivity index (χ0) is 19.5. The summed E-state index contributed by atoms with van der Waals surface area (Å²) in [6, 6.07) is 2.21. The number of rotatable bonds is 5. The van der Waals surface area contributed by atoms with E-state index < -0.39 is 43.2 Å². The Balaban J connectivity index is 1.53. The number of ether oxygens (including phenoxy) is 1. The Morgan fingerprint density at radius 1 is 1.37 bits per heavy atom. The fourth-order valence-corrected chi connectivity index (χ4v) is 3.80. The van der Waals surface area contributed by atoms with Crippen LogP contribution in [0.25, 0.3) is 0 Å². The van der Waals surface area contributed by atoms with Gasteiger partial charge in [0.2, 0.25) is 5.91 Å². The minimum absolute atomic E-state index is 0.0375. The van der Waals surface area contributed by atoms with Crippen molar-refractivity contribution in [2.75, 3.05) is 19.7 Å². The molecule has 27 heavy (non-hydrogen) atoms. The van der Waals surface area contributed by atoms with Crippen LogP contribution in [0.2, 0.25) is 5.82 Å². The van der Waals surface area contributed by atoms with E-state index in [2.05, 4.69) is 0 Å². The molecule has 4 rings (SSSR count). The lowest BCUT2D eigenvalue weighted by molar-refractivity contribution is -0.142. The number of carbonyl (C=O) groups excluding carboxylic acids is 1. The van der Waals surface area contributed by atoms with E-state index in [0.29, 0.717) is 12.0 Å². The van der Waals surface area contributed by atoms with E-state index in [-0.39, 0.29) is 36.1 Å². The van der Waals surface area contributed by atoms with Crippen molar-refractivity contribution in [2.24, 2.45) is 5.73 Å². The van der Waals surface area contributed by atoms with Crippen molar-refractivity contribution in [1.82, 2.24) is 4.90 Å². The number of carboxylic acid groups (broad SMARTS) is 1. The molecule has 0 aromatic heterocycles. The Morgan fingerprint density at radius 3 is 2.70 bits per heavy atom. The first-order valence-electron chi connectivity index (χ1n) is 8.73. The molecular formula is C16H20BN2O8-. The van der Waals surface area contributed by atoms with E-state index >= 15 is 0 Å². The summed E-state index contributed by atoms with van der Waals surface area (Å²) in [7, 11) is 0. The van der Waals surface area contributed by atoms with Crippen molar-refractivity contribution in [3.05, 3.63) is 23.3 Å². The number of hydrogen-bond donors (Lipinski definition) is 5. The maximum Gasteiger partial charge on any atom is 0.434 e. The molecule has 1 saturated heterocycles. The van der Waals surface area contributed by atoms with Gasteiger partial charge in [0, 0.05) is 0 Å². The summed E-state index contributed by atoms with van der Waals surface area (Å²) in [5.74, 6) is -2.28. The lowest BCUT2D eigenvalue weighted by Gasteiger charge is -2.41. The molecule has 0 radical (unpaired) electrons. The summed E-state index contributed by atoms with van der Waals surface area (Å²) < 4.78 is 11.0. The highest BCUT2D eigenvalue weighted by Gasteiger charge is 2.55. The van der Waals surface area contributed by atoms with Gasteiger partial charge in [-0.3, -0.25) is 4.79 Å². The molecule has 6 N–H and O–H groups in total. The van der Waals surface area contributed by atoms with Crippen LogP contribution in [-0.4, -0.2) is 75.6 Å². The van der Waals surface area contributed by atoms with Gasteiger partial charge in [0.05, 0.1) is 25.4 Å². The molecule has 3 atom stereocenters. The van der Waals surface area contributed by atoms with Crippen LogP contribution in [0, 0.1) is 0 Å². The molecule has 1 aliphatic carbocycles. The number of nitrogens with two attached hydrogens (primary N) is 1. The predicted octanol–water partition coefficient (Wildman–Crippen LogP) is -1.53. The van der Waals surface area contributed by atoms with Crippen molar-refractivity contribution in [3.63, 3.8) is 0 Å². The summed E-state index contributed by atoms with van der Waals surface area (Å²) in [5.41, 5.74) is 5.85. The number of nitrogens with zero attached hydrogens (tertiary/aromatic N) is 1. The van der Waals surface area contributed by atoms with Crippen LogP contribution >= 0.6 is 0 Å². The van der Waals surface area contributed by atoms with E-state index in [0.717, 1.165) is 0 Å². The molecule has 3 aliphatic rings. The molecule has 11 heteroatoms.